The summed E-state index contributed by atoms with van der Waals surface area (Å²) in [5.41, 5.74) is 0. The van der Waals surface area contributed by atoms with E-state index < -0.39 is 0 Å². The number of hydrogen-bond donors (Lipinski definition) is 1. The summed E-state index contributed by atoms with van der Waals surface area (Å²) in [6.07, 6.45) is 12.6. The maximum atomic E-state index is 3.58. The van der Waals surface area contributed by atoms with Crippen LogP contribution in [0.4, 0.5) is 0 Å². The first-order chi connectivity index (χ1) is 8.77. The number of hydrogen-bond acceptors (Lipinski definition) is 2. The van der Waals surface area contributed by atoms with E-state index in [0.29, 0.717) is 0 Å². The van der Waals surface area contributed by atoms with E-state index in [0.717, 1.165) is 18.6 Å². The van der Waals surface area contributed by atoms with E-state index in [1.54, 1.807) is 0 Å². The zero-order valence-electron chi connectivity index (χ0n) is 12.9. The highest BCUT2D eigenvalue weighted by atomic mass is 15.1. The van der Waals surface area contributed by atoms with Crippen molar-refractivity contribution < 1.29 is 0 Å². The molecular formula is C16H34N2. The third kappa shape index (κ3) is 6.19. The van der Waals surface area contributed by atoms with Gasteiger partial charge in [0.2, 0.25) is 0 Å². The van der Waals surface area contributed by atoms with E-state index in [4.69, 9.17) is 0 Å². The first kappa shape index (κ1) is 16.0. The van der Waals surface area contributed by atoms with Gasteiger partial charge in [0, 0.05) is 12.1 Å². The lowest BCUT2D eigenvalue weighted by Crippen LogP contribution is -2.34. The van der Waals surface area contributed by atoms with Crippen LogP contribution < -0.4 is 5.32 Å². The van der Waals surface area contributed by atoms with Crippen LogP contribution in [0.5, 0.6) is 0 Å². The molecule has 108 valence electrons. The fourth-order valence-corrected chi connectivity index (χ4v) is 3.21. The molecule has 0 saturated heterocycles. The molecule has 1 unspecified atom stereocenters. The molecule has 0 aromatic carbocycles. The van der Waals surface area contributed by atoms with Gasteiger partial charge in [-0.15, -0.1) is 0 Å². The van der Waals surface area contributed by atoms with Gasteiger partial charge in [-0.2, -0.15) is 0 Å². The van der Waals surface area contributed by atoms with Crippen molar-refractivity contribution in [1.82, 2.24) is 10.2 Å². The quantitative estimate of drug-likeness (QED) is 0.663. The van der Waals surface area contributed by atoms with E-state index in [1.807, 2.05) is 0 Å². The zero-order valence-corrected chi connectivity index (χ0v) is 12.9. The van der Waals surface area contributed by atoms with Crippen LogP contribution in [0.2, 0.25) is 0 Å². The Labute approximate surface area is 115 Å². The monoisotopic (exact) mass is 254 g/mol. The van der Waals surface area contributed by atoms with Gasteiger partial charge >= 0.3 is 0 Å². The lowest BCUT2D eigenvalue weighted by Gasteiger charge is -2.27. The molecule has 0 spiro atoms. The maximum absolute atomic E-state index is 3.58. The normalized spacial score (nSPS) is 20.0. The first-order valence-electron chi connectivity index (χ1n) is 8.21. The molecule has 0 aromatic heterocycles. The fraction of sp³-hybridized carbons (Fsp3) is 1.00. The van der Waals surface area contributed by atoms with Gasteiger partial charge in [0.25, 0.3) is 0 Å². The van der Waals surface area contributed by atoms with Crippen LogP contribution in [-0.2, 0) is 0 Å². The topological polar surface area (TPSA) is 15.3 Å². The van der Waals surface area contributed by atoms with Gasteiger partial charge in [-0.3, -0.25) is 0 Å². The molecule has 1 rings (SSSR count). The maximum Gasteiger partial charge on any atom is 0.00922 e. The Morgan fingerprint density at radius 1 is 1.11 bits per heavy atom. The van der Waals surface area contributed by atoms with Gasteiger partial charge in [0.05, 0.1) is 0 Å². The summed E-state index contributed by atoms with van der Waals surface area (Å²) in [4.78, 5) is 2.63. The van der Waals surface area contributed by atoms with Crippen molar-refractivity contribution in [2.24, 2.45) is 0 Å². The van der Waals surface area contributed by atoms with Crippen molar-refractivity contribution in [1.29, 1.82) is 0 Å². The van der Waals surface area contributed by atoms with Crippen molar-refractivity contribution in [3.63, 3.8) is 0 Å². The molecule has 0 bridgehead atoms. The van der Waals surface area contributed by atoms with E-state index in [1.165, 1.54) is 64.3 Å². The smallest absolute Gasteiger partial charge is 0.00922 e. The minimum absolute atomic E-state index is 0.734. The second-order valence-corrected chi connectivity index (χ2v) is 5.93. The van der Waals surface area contributed by atoms with Gasteiger partial charge in [0.1, 0.15) is 0 Å². The van der Waals surface area contributed by atoms with E-state index in [-0.39, 0.29) is 0 Å². The van der Waals surface area contributed by atoms with Crippen LogP contribution in [-0.4, -0.2) is 37.1 Å². The van der Waals surface area contributed by atoms with Crippen LogP contribution in [0.1, 0.15) is 71.6 Å². The van der Waals surface area contributed by atoms with Gasteiger partial charge in [0.15, 0.2) is 0 Å². The lowest BCUT2D eigenvalue weighted by molar-refractivity contribution is 0.214. The van der Waals surface area contributed by atoms with Crippen LogP contribution in [0.3, 0.4) is 0 Å². The fourth-order valence-electron chi connectivity index (χ4n) is 3.21. The molecule has 2 heteroatoms. The largest absolute Gasteiger partial charge is 0.314 e. The molecule has 1 saturated carbocycles. The summed E-state index contributed by atoms with van der Waals surface area (Å²) in [7, 11) is 2.34. The molecular weight excluding hydrogens is 220 g/mol. The molecule has 0 heterocycles. The Morgan fingerprint density at radius 2 is 1.78 bits per heavy atom. The molecule has 1 N–H and O–H groups in total. The highest BCUT2D eigenvalue weighted by molar-refractivity contribution is 4.73. The zero-order chi connectivity index (χ0) is 13.2. The molecule has 0 amide bonds. The van der Waals surface area contributed by atoms with Gasteiger partial charge in [-0.05, 0) is 52.2 Å². The van der Waals surface area contributed by atoms with E-state index >= 15 is 0 Å². The minimum atomic E-state index is 0.734. The Balaban J connectivity index is 2.16. The van der Waals surface area contributed by atoms with Crippen molar-refractivity contribution in [3.8, 4) is 0 Å². The van der Waals surface area contributed by atoms with E-state index in [2.05, 4.69) is 31.1 Å². The summed E-state index contributed by atoms with van der Waals surface area (Å²) < 4.78 is 0. The standard InChI is InChI=1S/C16H34N2/c1-4-15(17-5-2)11-10-14-18(3)16-12-8-6-7-9-13-16/h15-17H,4-14H2,1-3H3. The highest BCUT2D eigenvalue weighted by Crippen LogP contribution is 2.21. The molecule has 0 radical (unpaired) electrons. The molecule has 1 fully saturated rings. The average molecular weight is 254 g/mol. The Morgan fingerprint density at radius 3 is 2.33 bits per heavy atom. The van der Waals surface area contributed by atoms with Crippen LogP contribution in [0.15, 0.2) is 0 Å². The molecule has 1 atom stereocenters. The van der Waals surface area contributed by atoms with Crippen molar-refractivity contribution in [3.05, 3.63) is 0 Å². The lowest BCUT2D eigenvalue weighted by atomic mass is 10.1. The predicted octanol–water partition coefficient (Wildman–Crippen LogP) is 3.81. The first-order valence-corrected chi connectivity index (χ1v) is 8.21. The third-order valence-electron chi connectivity index (χ3n) is 4.50. The SMILES string of the molecule is CCNC(CC)CCCN(C)C1CCCCCC1. The van der Waals surface area contributed by atoms with Crippen molar-refractivity contribution in [2.75, 3.05) is 20.1 Å². The molecule has 0 aliphatic heterocycles. The molecule has 1 aliphatic carbocycles. The van der Waals surface area contributed by atoms with Crippen LogP contribution in [0.25, 0.3) is 0 Å². The Hall–Kier alpha value is -0.0800. The van der Waals surface area contributed by atoms with Crippen molar-refractivity contribution in [2.45, 2.75) is 83.7 Å². The van der Waals surface area contributed by atoms with Crippen LogP contribution in [0, 0.1) is 0 Å². The molecule has 1 aliphatic rings. The molecule has 0 aromatic rings. The number of nitrogens with one attached hydrogen (secondary N) is 1. The second kappa shape index (κ2) is 9.80. The Bertz CT molecular complexity index is 186. The Kier molecular flexibility index (Phi) is 8.70. The average Bonchev–Trinajstić information content (AvgIpc) is 2.66. The van der Waals surface area contributed by atoms with Gasteiger partial charge < -0.3 is 10.2 Å². The third-order valence-corrected chi connectivity index (χ3v) is 4.50. The number of rotatable bonds is 8. The molecule has 2 nitrogen and oxygen atoms in total. The predicted molar refractivity (Wildman–Crippen MR) is 81.1 cm³/mol. The summed E-state index contributed by atoms with van der Waals surface area (Å²) in [6, 6.07) is 1.60. The van der Waals surface area contributed by atoms with Gasteiger partial charge in [-0.25, -0.2) is 0 Å². The van der Waals surface area contributed by atoms with E-state index in [9.17, 15) is 0 Å². The molecule has 18 heavy (non-hydrogen) atoms. The summed E-state index contributed by atoms with van der Waals surface area (Å²) in [5.74, 6) is 0. The highest BCUT2D eigenvalue weighted by Gasteiger charge is 2.16. The number of nitrogens with zero attached hydrogens (tertiary/aromatic N) is 1. The second-order valence-electron chi connectivity index (χ2n) is 5.93. The van der Waals surface area contributed by atoms with Crippen LogP contribution >= 0.6 is 0 Å². The summed E-state index contributed by atoms with van der Waals surface area (Å²) in [5, 5.41) is 3.58. The summed E-state index contributed by atoms with van der Waals surface area (Å²) >= 11 is 0. The van der Waals surface area contributed by atoms with Gasteiger partial charge in [-0.1, -0.05) is 39.5 Å². The minimum Gasteiger partial charge on any atom is -0.314 e. The summed E-state index contributed by atoms with van der Waals surface area (Å²) in [6.45, 7) is 6.90. The van der Waals surface area contributed by atoms with Crippen molar-refractivity contribution >= 4 is 0 Å².